The van der Waals surface area contributed by atoms with Gasteiger partial charge in [0, 0.05) is 6.54 Å². The fourth-order valence-corrected chi connectivity index (χ4v) is 2.30. The van der Waals surface area contributed by atoms with Crippen molar-refractivity contribution in [1.29, 1.82) is 0 Å². The number of nitrogens with one attached hydrogen (secondary N) is 1. The van der Waals surface area contributed by atoms with Gasteiger partial charge in [0.2, 0.25) is 0 Å². The monoisotopic (exact) mass is 239 g/mol. The van der Waals surface area contributed by atoms with Crippen LogP contribution in [-0.4, -0.2) is 7.05 Å². The zero-order valence-corrected chi connectivity index (χ0v) is 11.7. The zero-order chi connectivity index (χ0) is 13.1. The molecule has 0 unspecified atom stereocenters. The molecule has 0 saturated carbocycles. The van der Waals surface area contributed by atoms with Crippen LogP contribution in [0.3, 0.4) is 0 Å². The molecule has 1 nitrogen and oxygen atoms in total. The van der Waals surface area contributed by atoms with E-state index in [0.717, 1.165) is 6.54 Å². The number of hydrogen-bond acceptors (Lipinski definition) is 1. The van der Waals surface area contributed by atoms with Crippen LogP contribution in [0.5, 0.6) is 0 Å². The predicted octanol–water partition coefficient (Wildman–Crippen LogP) is 4.00. The highest BCUT2D eigenvalue weighted by Crippen LogP contribution is 2.28. The van der Waals surface area contributed by atoms with Gasteiger partial charge in [0.05, 0.1) is 0 Å². The molecule has 0 atom stereocenters. The van der Waals surface area contributed by atoms with Gasteiger partial charge in [-0.25, -0.2) is 0 Å². The number of benzene rings is 2. The number of rotatable bonds is 3. The van der Waals surface area contributed by atoms with Crippen LogP contribution in [0, 0.1) is 20.8 Å². The Balaban J connectivity index is 2.55. The summed E-state index contributed by atoms with van der Waals surface area (Å²) in [5.74, 6) is 0. The second-order valence-corrected chi connectivity index (χ2v) is 5.00. The first-order chi connectivity index (χ1) is 8.61. The minimum Gasteiger partial charge on any atom is -0.316 e. The summed E-state index contributed by atoms with van der Waals surface area (Å²) in [7, 11) is 1.98. The molecule has 0 heterocycles. The van der Waals surface area contributed by atoms with Gasteiger partial charge in [-0.2, -0.15) is 0 Å². The van der Waals surface area contributed by atoms with E-state index in [1.807, 2.05) is 7.05 Å². The molecule has 0 bridgehead atoms. The quantitative estimate of drug-likeness (QED) is 0.853. The van der Waals surface area contributed by atoms with Crippen molar-refractivity contribution in [3.8, 4) is 11.1 Å². The van der Waals surface area contributed by atoms with Crippen molar-refractivity contribution in [1.82, 2.24) is 5.32 Å². The molecule has 0 spiro atoms. The van der Waals surface area contributed by atoms with Crippen LogP contribution in [0.1, 0.15) is 22.3 Å². The molecule has 0 aliphatic carbocycles. The standard InChI is InChI=1S/C17H21N/c1-12-5-6-13(2)16(9-12)17-10-15(11-18-4)8-7-14(17)3/h5-10,18H,11H2,1-4H3. The molecule has 0 radical (unpaired) electrons. The topological polar surface area (TPSA) is 12.0 Å². The summed E-state index contributed by atoms with van der Waals surface area (Å²) in [5, 5.41) is 3.21. The van der Waals surface area contributed by atoms with Gasteiger partial charge in [0.15, 0.2) is 0 Å². The molecule has 0 amide bonds. The maximum absolute atomic E-state index is 3.21. The van der Waals surface area contributed by atoms with Crippen molar-refractivity contribution in [2.75, 3.05) is 7.05 Å². The fraction of sp³-hybridized carbons (Fsp3) is 0.294. The molecule has 0 aliphatic rings. The smallest absolute Gasteiger partial charge is 0.0202 e. The summed E-state index contributed by atoms with van der Waals surface area (Å²) in [6.45, 7) is 7.42. The lowest BCUT2D eigenvalue weighted by Gasteiger charge is -2.12. The third kappa shape index (κ3) is 2.62. The van der Waals surface area contributed by atoms with Gasteiger partial charge in [-0.1, -0.05) is 35.9 Å². The van der Waals surface area contributed by atoms with Crippen molar-refractivity contribution in [2.45, 2.75) is 27.3 Å². The Morgan fingerprint density at radius 1 is 0.833 bits per heavy atom. The minimum absolute atomic E-state index is 0.915. The molecular formula is C17H21N. The van der Waals surface area contributed by atoms with Crippen LogP contribution in [0.4, 0.5) is 0 Å². The Morgan fingerprint density at radius 3 is 2.11 bits per heavy atom. The lowest BCUT2D eigenvalue weighted by Crippen LogP contribution is -2.05. The first-order valence-corrected chi connectivity index (χ1v) is 6.43. The second kappa shape index (κ2) is 5.36. The van der Waals surface area contributed by atoms with Crippen molar-refractivity contribution < 1.29 is 0 Å². The highest BCUT2D eigenvalue weighted by molar-refractivity contribution is 5.71. The van der Waals surface area contributed by atoms with E-state index < -0.39 is 0 Å². The highest BCUT2D eigenvalue weighted by atomic mass is 14.8. The second-order valence-electron chi connectivity index (χ2n) is 5.00. The van der Waals surface area contributed by atoms with E-state index in [1.54, 1.807) is 0 Å². The zero-order valence-electron chi connectivity index (χ0n) is 11.7. The van der Waals surface area contributed by atoms with E-state index in [4.69, 9.17) is 0 Å². The largest absolute Gasteiger partial charge is 0.316 e. The van der Waals surface area contributed by atoms with Crippen molar-refractivity contribution in [2.24, 2.45) is 0 Å². The molecule has 2 rings (SSSR count). The Kier molecular flexibility index (Phi) is 3.83. The minimum atomic E-state index is 0.915. The van der Waals surface area contributed by atoms with Crippen molar-refractivity contribution >= 4 is 0 Å². The van der Waals surface area contributed by atoms with E-state index in [-0.39, 0.29) is 0 Å². The molecule has 2 aromatic carbocycles. The molecule has 2 aromatic rings. The molecule has 0 aromatic heterocycles. The average Bonchev–Trinajstić information content (AvgIpc) is 2.35. The third-order valence-corrected chi connectivity index (χ3v) is 3.37. The van der Waals surface area contributed by atoms with Crippen LogP contribution in [0.15, 0.2) is 36.4 Å². The molecular weight excluding hydrogens is 218 g/mol. The molecule has 0 fully saturated rings. The average molecular weight is 239 g/mol. The van der Waals surface area contributed by atoms with E-state index in [0.29, 0.717) is 0 Å². The van der Waals surface area contributed by atoms with Gasteiger partial charge >= 0.3 is 0 Å². The lowest BCUT2D eigenvalue weighted by molar-refractivity contribution is 0.818. The maximum atomic E-state index is 3.21. The highest BCUT2D eigenvalue weighted by Gasteiger charge is 2.06. The van der Waals surface area contributed by atoms with Crippen molar-refractivity contribution in [3.63, 3.8) is 0 Å². The summed E-state index contributed by atoms with van der Waals surface area (Å²) in [6, 6.07) is 13.4. The Labute approximate surface area is 110 Å². The van der Waals surface area contributed by atoms with Crippen LogP contribution in [-0.2, 0) is 6.54 Å². The molecule has 1 N–H and O–H groups in total. The summed E-state index contributed by atoms with van der Waals surface area (Å²) in [5.41, 5.74) is 8.02. The predicted molar refractivity (Wildman–Crippen MR) is 78.9 cm³/mol. The maximum Gasteiger partial charge on any atom is 0.0202 e. The SMILES string of the molecule is CNCc1ccc(C)c(-c2cc(C)ccc2C)c1. The Morgan fingerprint density at radius 2 is 1.44 bits per heavy atom. The Hall–Kier alpha value is -1.60. The molecule has 0 aliphatic heterocycles. The molecule has 0 saturated heterocycles. The van der Waals surface area contributed by atoms with Crippen LogP contribution < -0.4 is 5.32 Å². The summed E-state index contributed by atoms with van der Waals surface area (Å²) >= 11 is 0. The van der Waals surface area contributed by atoms with E-state index in [2.05, 4.69) is 62.5 Å². The van der Waals surface area contributed by atoms with Gasteiger partial charge < -0.3 is 5.32 Å². The van der Waals surface area contributed by atoms with E-state index in [1.165, 1.54) is 33.4 Å². The van der Waals surface area contributed by atoms with Gasteiger partial charge in [0.25, 0.3) is 0 Å². The van der Waals surface area contributed by atoms with Gasteiger partial charge in [-0.05, 0) is 61.7 Å². The molecule has 94 valence electrons. The van der Waals surface area contributed by atoms with Crippen LogP contribution in [0.25, 0.3) is 11.1 Å². The normalized spacial score (nSPS) is 10.7. The molecule has 1 heteroatoms. The lowest BCUT2D eigenvalue weighted by atomic mass is 9.93. The van der Waals surface area contributed by atoms with Gasteiger partial charge in [0.1, 0.15) is 0 Å². The summed E-state index contributed by atoms with van der Waals surface area (Å²) < 4.78 is 0. The van der Waals surface area contributed by atoms with Crippen molar-refractivity contribution in [3.05, 3.63) is 58.7 Å². The Bertz CT molecular complexity index is 556. The number of aryl methyl sites for hydroxylation is 3. The van der Waals surface area contributed by atoms with Gasteiger partial charge in [-0.15, -0.1) is 0 Å². The van der Waals surface area contributed by atoms with Crippen LogP contribution in [0.2, 0.25) is 0 Å². The fourth-order valence-electron chi connectivity index (χ4n) is 2.30. The van der Waals surface area contributed by atoms with E-state index in [9.17, 15) is 0 Å². The van der Waals surface area contributed by atoms with Gasteiger partial charge in [-0.3, -0.25) is 0 Å². The molecule has 18 heavy (non-hydrogen) atoms. The summed E-state index contributed by atoms with van der Waals surface area (Å²) in [6.07, 6.45) is 0. The first-order valence-electron chi connectivity index (χ1n) is 6.43. The summed E-state index contributed by atoms with van der Waals surface area (Å²) in [4.78, 5) is 0. The van der Waals surface area contributed by atoms with Crippen LogP contribution >= 0.6 is 0 Å². The first kappa shape index (κ1) is 12.8. The third-order valence-electron chi connectivity index (χ3n) is 3.37. The number of hydrogen-bond donors (Lipinski definition) is 1. The van der Waals surface area contributed by atoms with E-state index >= 15 is 0 Å².